The van der Waals surface area contributed by atoms with Crippen molar-refractivity contribution >= 4 is 61.6 Å². The predicted molar refractivity (Wildman–Crippen MR) is 119 cm³/mol. The number of halogens is 2. The number of carbonyl (C=O) groups is 2. The van der Waals surface area contributed by atoms with Gasteiger partial charge in [0, 0.05) is 10.0 Å². The molecule has 0 spiro atoms. The van der Waals surface area contributed by atoms with Gasteiger partial charge in [-0.05, 0) is 48.0 Å². The van der Waals surface area contributed by atoms with E-state index in [1.807, 2.05) is 0 Å². The number of benzene rings is 2. The van der Waals surface area contributed by atoms with Gasteiger partial charge in [0.1, 0.15) is 0 Å². The van der Waals surface area contributed by atoms with Crippen LogP contribution in [-0.2, 0) is 4.79 Å². The molecule has 1 aliphatic rings. The molecule has 0 saturated carbocycles. The van der Waals surface area contributed by atoms with E-state index in [1.165, 1.54) is 28.6 Å². The van der Waals surface area contributed by atoms with Crippen molar-refractivity contribution in [1.29, 1.82) is 0 Å². The van der Waals surface area contributed by atoms with Crippen molar-refractivity contribution in [2.24, 2.45) is 0 Å². The van der Waals surface area contributed by atoms with Crippen LogP contribution in [0, 0.1) is 0 Å². The van der Waals surface area contributed by atoms with E-state index in [0.717, 1.165) is 4.70 Å². The molecule has 3 heterocycles. The van der Waals surface area contributed by atoms with Gasteiger partial charge in [0.05, 0.1) is 28.1 Å². The summed E-state index contributed by atoms with van der Waals surface area (Å²) in [6.45, 7) is 0. The Morgan fingerprint density at radius 2 is 1.84 bits per heavy atom. The van der Waals surface area contributed by atoms with Crippen LogP contribution in [0.1, 0.15) is 22.2 Å². The summed E-state index contributed by atoms with van der Waals surface area (Å²) in [5, 5.41) is 12.1. The quantitative estimate of drug-likeness (QED) is 0.371. The van der Waals surface area contributed by atoms with Gasteiger partial charge >= 0.3 is 0 Å². The Labute approximate surface area is 189 Å². The van der Waals surface area contributed by atoms with Gasteiger partial charge in [0.2, 0.25) is 5.78 Å². The molecule has 4 aromatic rings. The van der Waals surface area contributed by atoms with Gasteiger partial charge in [-0.3, -0.25) is 14.5 Å². The smallest absolute Gasteiger partial charge is 0.296 e. The van der Waals surface area contributed by atoms with Crippen molar-refractivity contribution in [3.63, 3.8) is 0 Å². The van der Waals surface area contributed by atoms with Gasteiger partial charge in [-0.2, -0.15) is 0 Å². The van der Waals surface area contributed by atoms with Crippen LogP contribution in [0.25, 0.3) is 10.2 Å². The van der Waals surface area contributed by atoms with Crippen LogP contribution in [0.5, 0.6) is 0 Å². The first-order chi connectivity index (χ1) is 14.9. The average molecular weight is 471 g/mol. The Morgan fingerprint density at radius 3 is 2.55 bits per heavy atom. The van der Waals surface area contributed by atoms with E-state index in [-0.39, 0.29) is 11.3 Å². The Kier molecular flexibility index (Phi) is 4.81. The molecule has 0 aliphatic carbocycles. The fourth-order valence-corrected chi connectivity index (χ4v) is 4.92. The molecule has 1 atom stereocenters. The molecule has 154 valence electrons. The number of rotatable bonds is 4. The van der Waals surface area contributed by atoms with E-state index in [9.17, 15) is 14.7 Å². The number of aromatic nitrogens is 1. The minimum absolute atomic E-state index is 0.0197. The summed E-state index contributed by atoms with van der Waals surface area (Å²) >= 11 is 13.4. The normalized spacial score (nSPS) is 16.5. The van der Waals surface area contributed by atoms with Gasteiger partial charge < -0.3 is 9.52 Å². The monoisotopic (exact) mass is 470 g/mol. The number of aliphatic hydroxyl groups excluding tert-OH is 1. The second-order valence-corrected chi connectivity index (χ2v) is 8.69. The highest BCUT2D eigenvalue weighted by Gasteiger charge is 2.46. The third-order valence-electron chi connectivity index (χ3n) is 4.93. The summed E-state index contributed by atoms with van der Waals surface area (Å²) in [6.07, 6.45) is 1.36. The van der Waals surface area contributed by atoms with E-state index in [1.54, 1.807) is 48.5 Å². The number of hydrogen-bond acceptors (Lipinski definition) is 6. The Morgan fingerprint density at radius 1 is 1.10 bits per heavy atom. The lowest BCUT2D eigenvalue weighted by atomic mass is 9.95. The number of fused-ring (bicyclic) bond motifs is 1. The van der Waals surface area contributed by atoms with E-state index in [4.69, 9.17) is 27.6 Å². The largest absolute Gasteiger partial charge is 0.503 e. The standard InChI is InChI=1S/C22H12Cl2N2O4S/c23-12-5-3-11(4-6-12)18-17(19(27)15-2-1-9-30-15)20(28)21(29)26(18)22-25-14-8-7-13(24)10-16(14)31-22/h1-10,18,28H. The lowest BCUT2D eigenvalue weighted by molar-refractivity contribution is -0.117. The van der Waals surface area contributed by atoms with Gasteiger partial charge in [0.25, 0.3) is 5.91 Å². The van der Waals surface area contributed by atoms with Crippen LogP contribution < -0.4 is 4.90 Å². The topological polar surface area (TPSA) is 83.6 Å². The summed E-state index contributed by atoms with van der Waals surface area (Å²) < 4.78 is 6.00. The van der Waals surface area contributed by atoms with E-state index in [2.05, 4.69) is 4.98 Å². The molecule has 1 amide bonds. The second kappa shape index (κ2) is 7.53. The molecule has 1 N–H and O–H groups in total. The number of ketones is 1. The molecule has 0 saturated heterocycles. The zero-order valence-electron chi connectivity index (χ0n) is 15.6. The van der Waals surface area contributed by atoms with Crippen LogP contribution >= 0.6 is 34.5 Å². The average Bonchev–Trinajstić information content (AvgIpc) is 3.47. The van der Waals surface area contributed by atoms with Crippen LogP contribution in [0.3, 0.4) is 0 Å². The van der Waals surface area contributed by atoms with Gasteiger partial charge in [-0.1, -0.05) is 46.7 Å². The summed E-state index contributed by atoms with van der Waals surface area (Å²) in [5.74, 6) is -1.92. The summed E-state index contributed by atoms with van der Waals surface area (Å²) in [7, 11) is 0. The Bertz CT molecular complexity index is 1360. The molecule has 6 nitrogen and oxygen atoms in total. The molecule has 31 heavy (non-hydrogen) atoms. The molecule has 2 aromatic heterocycles. The summed E-state index contributed by atoms with van der Waals surface area (Å²) in [6, 6.07) is 14.1. The molecule has 2 aromatic carbocycles. The molecule has 9 heteroatoms. The summed E-state index contributed by atoms with van der Waals surface area (Å²) in [5.41, 5.74) is 1.16. The molecule has 0 radical (unpaired) electrons. The number of thiazole rings is 1. The minimum Gasteiger partial charge on any atom is -0.503 e. The van der Waals surface area contributed by atoms with Crippen molar-refractivity contribution in [2.45, 2.75) is 6.04 Å². The molecule has 5 rings (SSSR count). The first-order valence-electron chi connectivity index (χ1n) is 9.10. The van der Waals surface area contributed by atoms with Gasteiger partial charge in [0.15, 0.2) is 16.7 Å². The van der Waals surface area contributed by atoms with Crippen molar-refractivity contribution in [3.8, 4) is 0 Å². The molecule has 1 aliphatic heterocycles. The number of nitrogens with zero attached hydrogens (tertiary/aromatic N) is 2. The van der Waals surface area contributed by atoms with Crippen LogP contribution in [0.2, 0.25) is 10.0 Å². The van der Waals surface area contributed by atoms with Crippen molar-refractivity contribution < 1.29 is 19.1 Å². The third-order valence-corrected chi connectivity index (χ3v) is 6.43. The lowest BCUT2D eigenvalue weighted by Crippen LogP contribution is -2.30. The lowest BCUT2D eigenvalue weighted by Gasteiger charge is -2.24. The number of hydrogen-bond donors (Lipinski definition) is 1. The molecular formula is C22H12Cl2N2O4S. The first kappa shape index (κ1) is 19.8. The van der Waals surface area contributed by atoms with Crippen molar-refractivity contribution in [2.75, 3.05) is 4.90 Å². The fraction of sp³-hybridized carbons (Fsp3) is 0.0455. The van der Waals surface area contributed by atoms with Gasteiger partial charge in [-0.15, -0.1) is 0 Å². The van der Waals surface area contributed by atoms with E-state index in [0.29, 0.717) is 26.3 Å². The van der Waals surface area contributed by atoms with Crippen molar-refractivity contribution in [3.05, 3.63) is 93.6 Å². The maximum atomic E-state index is 13.2. The zero-order chi connectivity index (χ0) is 21.7. The van der Waals surface area contributed by atoms with Gasteiger partial charge in [-0.25, -0.2) is 4.98 Å². The van der Waals surface area contributed by atoms with Crippen LogP contribution in [-0.4, -0.2) is 21.8 Å². The fourth-order valence-electron chi connectivity index (χ4n) is 3.52. The number of anilines is 1. The van der Waals surface area contributed by atoms with E-state index < -0.39 is 23.5 Å². The van der Waals surface area contributed by atoms with E-state index >= 15 is 0 Å². The number of amides is 1. The molecular weight excluding hydrogens is 459 g/mol. The number of carbonyl (C=O) groups excluding carboxylic acids is 2. The minimum atomic E-state index is -0.904. The SMILES string of the molecule is O=C(C1=C(O)C(=O)N(c2nc3ccc(Cl)cc3s2)C1c1ccc(Cl)cc1)c1ccco1. The predicted octanol–water partition coefficient (Wildman–Crippen LogP) is 5.98. The zero-order valence-corrected chi connectivity index (χ0v) is 17.9. The number of Topliss-reactive ketones (excluding diaryl/α,β-unsaturated/α-hetero) is 1. The highest BCUT2D eigenvalue weighted by molar-refractivity contribution is 7.22. The highest BCUT2D eigenvalue weighted by Crippen LogP contribution is 2.44. The maximum absolute atomic E-state index is 13.2. The maximum Gasteiger partial charge on any atom is 0.296 e. The second-order valence-electron chi connectivity index (χ2n) is 6.81. The summed E-state index contributed by atoms with van der Waals surface area (Å²) in [4.78, 5) is 32.1. The molecule has 0 fully saturated rings. The first-order valence-corrected chi connectivity index (χ1v) is 10.7. The highest BCUT2D eigenvalue weighted by atomic mass is 35.5. The third kappa shape index (κ3) is 3.31. The number of aliphatic hydroxyl groups is 1. The number of furan rings is 1. The van der Waals surface area contributed by atoms with Crippen LogP contribution in [0.4, 0.5) is 5.13 Å². The van der Waals surface area contributed by atoms with Crippen LogP contribution in [0.15, 0.2) is 76.6 Å². The molecule has 0 bridgehead atoms. The Balaban J connectivity index is 1.68. The Hall–Kier alpha value is -3.13. The van der Waals surface area contributed by atoms with Crippen molar-refractivity contribution in [1.82, 2.24) is 4.98 Å². The molecule has 1 unspecified atom stereocenters.